The van der Waals surface area contributed by atoms with Crippen LogP contribution >= 0.6 is 0 Å². The highest BCUT2D eigenvalue weighted by Crippen LogP contribution is 2.20. The predicted octanol–water partition coefficient (Wildman–Crippen LogP) is 1.86. The number of nitrogens with two attached hydrogens (primary N) is 1. The summed E-state index contributed by atoms with van der Waals surface area (Å²) in [6.45, 7) is 1.79. The van der Waals surface area contributed by atoms with E-state index in [2.05, 4.69) is 10.3 Å². The average molecular weight is 257 g/mol. The monoisotopic (exact) mass is 257 g/mol. The van der Waals surface area contributed by atoms with E-state index in [4.69, 9.17) is 5.73 Å². The molecule has 0 bridgehead atoms. The lowest BCUT2D eigenvalue weighted by molar-refractivity contribution is -0.115. The van der Waals surface area contributed by atoms with Crippen molar-refractivity contribution in [2.24, 2.45) is 0 Å². The third-order valence-electron chi connectivity index (χ3n) is 2.68. The largest absolute Gasteiger partial charge is 0.508 e. The first-order valence-electron chi connectivity index (χ1n) is 5.84. The topological polar surface area (TPSA) is 88.2 Å². The van der Waals surface area contributed by atoms with Crippen molar-refractivity contribution >= 4 is 17.3 Å². The van der Waals surface area contributed by atoms with Crippen molar-refractivity contribution in [2.45, 2.75) is 13.3 Å². The Kier molecular flexibility index (Phi) is 3.66. The highest BCUT2D eigenvalue weighted by Gasteiger charge is 2.06. The summed E-state index contributed by atoms with van der Waals surface area (Å²) in [4.78, 5) is 15.9. The van der Waals surface area contributed by atoms with Gasteiger partial charge in [0.05, 0.1) is 18.3 Å². The Morgan fingerprint density at radius 2 is 2.16 bits per heavy atom. The maximum absolute atomic E-state index is 11.8. The third kappa shape index (κ3) is 3.45. The number of nitrogen functional groups attached to an aromatic ring is 1. The molecule has 2 aromatic rings. The molecule has 4 N–H and O–H groups in total. The number of phenolic OH excluding ortho intramolecular Hbond substituents is 1. The SMILES string of the molecule is Cc1ccc(NC(=O)Cc2ccc(N)cn2)cc1O. The van der Waals surface area contributed by atoms with Crippen LogP contribution in [0.2, 0.25) is 0 Å². The summed E-state index contributed by atoms with van der Waals surface area (Å²) < 4.78 is 0. The van der Waals surface area contributed by atoms with Gasteiger partial charge in [-0.2, -0.15) is 0 Å². The number of hydrogen-bond acceptors (Lipinski definition) is 4. The number of pyridine rings is 1. The molecular weight excluding hydrogens is 242 g/mol. The van der Waals surface area contributed by atoms with Crippen LogP contribution in [-0.4, -0.2) is 16.0 Å². The minimum Gasteiger partial charge on any atom is -0.508 e. The smallest absolute Gasteiger partial charge is 0.230 e. The number of aromatic hydroxyl groups is 1. The molecule has 0 spiro atoms. The van der Waals surface area contributed by atoms with Crippen LogP contribution in [0.25, 0.3) is 0 Å². The number of phenols is 1. The molecule has 2 rings (SSSR count). The summed E-state index contributed by atoms with van der Waals surface area (Å²) in [7, 11) is 0. The average Bonchev–Trinajstić information content (AvgIpc) is 2.37. The van der Waals surface area contributed by atoms with Crippen molar-refractivity contribution in [2.75, 3.05) is 11.1 Å². The number of nitrogens with one attached hydrogen (secondary N) is 1. The maximum Gasteiger partial charge on any atom is 0.230 e. The van der Waals surface area contributed by atoms with Gasteiger partial charge in [-0.3, -0.25) is 9.78 Å². The van der Waals surface area contributed by atoms with Crippen molar-refractivity contribution in [1.29, 1.82) is 0 Å². The Morgan fingerprint density at radius 3 is 2.79 bits per heavy atom. The van der Waals surface area contributed by atoms with Gasteiger partial charge >= 0.3 is 0 Å². The molecule has 0 radical (unpaired) electrons. The normalized spacial score (nSPS) is 10.2. The quantitative estimate of drug-likeness (QED) is 0.783. The van der Waals surface area contributed by atoms with Gasteiger partial charge in [0.2, 0.25) is 5.91 Å². The summed E-state index contributed by atoms with van der Waals surface area (Å²) in [5, 5.41) is 12.3. The summed E-state index contributed by atoms with van der Waals surface area (Å²) in [6, 6.07) is 8.41. The minimum atomic E-state index is -0.194. The number of carbonyl (C=O) groups is 1. The second-order valence-electron chi connectivity index (χ2n) is 4.31. The molecule has 0 atom stereocenters. The van der Waals surface area contributed by atoms with Gasteiger partial charge in [-0.15, -0.1) is 0 Å². The molecule has 1 aromatic heterocycles. The highest BCUT2D eigenvalue weighted by molar-refractivity contribution is 5.92. The lowest BCUT2D eigenvalue weighted by Gasteiger charge is -2.07. The van der Waals surface area contributed by atoms with E-state index in [1.165, 1.54) is 12.3 Å². The second-order valence-corrected chi connectivity index (χ2v) is 4.31. The van der Waals surface area contributed by atoms with Gasteiger partial charge in [-0.25, -0.2) is 0 Å². The number of aromatic nitrogens is 1. The molecule has 0 aliphatic rings. The summed E-state index contributed by atoms with van der Waals surface area (Å²) in [5.41, 5.74) is 8.05. The van der Waals surface area contributed by atoms with Gasteiger partial charge in [-0.05, 0) is 30.7 Å². The van der Waals surface area contributed by atoms with Gasteiger partial charge in [-0.1, -0.05) is 6.07 Å². The van der Waals surface area contributed by atoms with Gasteiger partial charge in [0, 0.05) is 17.4 Å². The van der Waals surface area contributed by atoms with Crippen LogP contribution in [0.1, 0.15) is 11.3 Å². The van der Waals surface area contributed by atoms with E-state index < -0.39 is 0 Å². The van der Waals surface area contributed by atoms with E-state index in [1.807, 2.05) is 0 Å². The molecule has 19 heavy (non-hydrogen) atoms. The van der Waals surface area contributed by atoms with E-state index in [-0.39, 0.29) is 18.1 Å². The second kappa shape index (κ2) is 5.39. The zero-order valence-electron chi connectivity index (χ0n) is 10.6. The number of amides is 1. The van der Waals surface area contributed by atoms with Gasteiger partial charge in [0.15, 0.2) is 0 Å². The first-order valence-corrected chi connectivity index (χ1v) is 5.84. The van der Waals surface area contributed by atoms with Crippen LogP contribution in [0.15, 0.2) is 36.5 Å². The van der Waals surface area contributed by atoms with Gasteiger partial charge < -0.3 is 16.2 Å². The van der Waals surface area contributed by atoms with Crippen molar-refractivity contribution < 1.29 is 9.90 Å². The first kappa shape index (κ1) is 12.9. The van der Waals surface area contributed by atoms with E-state index in [0.29, 0.717) is 17.1 Å². The van der Waals surface area contributed by atoms with Crippen molar-refractivity contribution in [1.82, 2.24) is 4.98 Å². The third-order valence-corrected chi connectivity index (χ3v) is 2.68. The summed E-state index contributed by atoms with van der Waals surface area (Å²) in [6.07, 6.45) is 1.68. The molecule has 0 aliphatic heterocycles. The number of benzene rings is 1. The fourth-order valence-electron chi connectivity index (χ4n) is 1.60. The molecule has 98 valence electrons. The van der Waals surface area contributed by atoms with Crippen molar-refractivity contribution in [3.63, 3.8) is 0 Å². The molecule has 0 fully saturated rings. The van der Waals surface area contributed by atoms with E-state index in [9.17, 15) is 9.90 Å². The van der Waals surface area contributed by atoms with E-state index in [0.717, 1.165) is 5.56 Å². The number of aryl methyl sites for hydroxylation is 1. The fourth-order valence-corrected chi connectivity index (χ4v) is 1.60. The van der Waals surface area contributed by atoms with Gasteiger partial charge in [0.25, 0.3) is 0 Å². The Morgan fingerprint density at radius 1 is 1.37 bits per heavy atom. The Hall–Kier alpha value is -2.56. The maximum atomic E-state index is 11.8. The number of hydrogen-bond donors (Lipinski definition) is 3. The standard InChI is InChI=1S/C14H15N3O2/c1-9-2-4-12(6-13(9)18)17-14(19)7-11-5-3-10(15)8-16-11/h2-6,8,18H,7,15H2,1H3,(H,17,19). The van der Waals surface area contributed by atoms with Gasteiger partial charge in [0.1, 0.15) is 5.75 Å². The Labute approximate surface area is 111 Å². The molecule has 1 aromatic carbocycles. The van der Waals surface area contributed by atoms with Crippen LogP contribution in [0.4, 0.5) is 11.4 Å². The molecule has 0 saturated carbocycles. The first-order chi connectivity index (χ1) is 9.04. The highest BCUT2D eigenvalue weighted by atomic mass is 16.3. The Bertz CT molecular complexity index is 594. The number of carbonyl (C=O) groups excluding carboxylic acids is 1. The molecule has 1 heterocycles. The van der Waals surface area contributed by atoms with Crippen LogP contribution < -0.4 is 11.1 Å². The van der Waals surface area contributed by atoms with Crippen molar-refractivity contribution in [3.05, 3.63) is 47.8 Å². The molecular formula is C14H15N3O2. The number of nitrogens with zero attached hydrogens (tertiary/aromatic N) is 1. The minimum absolute atomic E-state index is 0.156. The lowest BCUT2D eigenvalue weighted by atomic mass is 10.2. The van der Waals surface area contributed by atoms with E-state index >= 15 is 0 Å². The number of anilines is 2. The van der Waals surface area contributed by atoms with E-state index in [1.54, 1.807) is 31.2 Å². The fraction of sp³-hybridized carbons (Fsp3) is 0.143. The molecule has 0 unspecified atom stereocenters. The molecule has 0 aliphatic carbocycles. The van der Waals surface area contributed by atoms with Crippen LogP contribution in [0, 0.1) is 6.92 Å². The Balaban J connectivity index is 2.01. The molecule has 1 amide bonds. The molecule has 5 nitrogen and oxygen atoms in total. The zero-order chi connectivity index (χ0) is 13.8. The van der Waals surface area contributed by atoms with Crippen LogP contribution in [-0.2, 0) is 11.2 Å². The van der Waals surface area contributed by atoms with Crippen LogP contribution in [0.3, 0.4) is 0 Å². The lowest BCUT2D eigenvalue weighted by Crippen LogP contribution is -2.15. The van der Waals surface area contributed by atoms with Crippen molar-refractivity contribution in [3.8, 4) is 5.75 Å². The molecule has 0 saturated heterocycles. The zero-order valence-corrected chi connectivity index (χ0v) is 10.6. The van der Waals surface area contributed by atoms with Crippen LogP contribution in [0.5, 0.6) is 5.75 Å². The predicted molar refractivity (Wildman–Crippen MR) is 73.8 cm³/mol. The number of rotatable bonds is 3. The summed E-state index contributed by atoms with van der Waals surface area (Å²) >= 11 is 0. The molecule has 5 heteroatoms. The summed E-state index contributed by atoms with van der Waals surface area (Å²) in [5.74, 6) is -0.0380.